The van der Waals surface area contributed by atoms with Crippen LogP contribution in [0.4, 0.5) is 24.5 Å². The maximum absolute atomic E-state index is 13.5. The Balaban J connectivity index is 1.82. The van der Waals surface area contributed by atoms with Crippen molar-refractivity contribution in [1.29, 1.82) is 0 Å². The van der Waals surface area contributed by atoms with Gasteiger partial charge in [-0.25, -0.2) is 0 Å². The van der Waals surface area contributed by atoms with Gasteiger partial charge in [0.1, 0.15) is 6.61 Å². The van der Waals surface area contributed by atoms with Gasteiger partial charge in [0.25, 0.3) is 5.91 Å². The second-order valence-corrected chi connectivity index (χ2v) is 6.55. The number of rotatable bonds is 6. The van der Waals surface area contributed by atoms with E-state index < -0.39 is 29.6 Å². The average molecular weight is 386 g/mol. The van der Waals surface area contributed by atoms with Gasteiger partial charge in [-0.05, 0) is 31.0 Å². The molecule has 1 heterocycles. The monoisotopic (exact) mass is 386 g/mol. The lowest BCUT2D eigenvalue weighted by Gasteiger charge is -2.29. The molecule has 2 aliphatic rings. The highest BCUT2D eigenvalue weighted by molar-refractivity contribution is 5.98. The molecule has 148 valence electrons. The zero-order valence-corrected chi connectivity index (χ0v) is 14.5. The van der Waals surface area contributed by atoms with Gasteiger partial charge in [-0.2, -0.15) is 13.2 Å². The van der Waals surface area contributed by atoms with Crippen LogP contribution in [-0.2, 0) is 20.5 Å². The van der Waals surface area contributed by atoms with Crippen molar-refractivity contribution in [2.75, 3.05) is 36.5 Å². The van der Waals surface area contributed by atoms with E-state index in [2.05, 4.69) is 10.6 Å². The first kappa shape index (κ1) is 19.6. The minimum Gasteiger partial charge on any atom is -0.370 e. The maximum Gasteiger partial charge on any atom is 0.418 e. The Hall–Kier alpha value is -2.17. The summed E-state index contributed by atoms with van der Waals surface area (Å²) in [5.74, 6) is -1.03. The molecule has 2 fully saturated rings. The zero-order chi connectivity index (χ0) is 19.6. The first-order valence-corrected chi connectivity index (χ1v) is 8.66. The van der Waals surface area contributed by atoms with Crippen LogP contribution >= 0.6 is 0 Å². The van der Waals surface area contributed by atoms with E-state index in [4.69, 9.17) is 10.5 Å². The van der Waals surface area contributed by atoms with Gasteiger partial charge >= 0.3 is 6.18 Å². The fraction of sp³-hybridized carbons (Fsp3) is 0.529. The summed E-state index contributed by atoms with van der Waals surface area (Å²) in [6.45, 7) is -0.0314. The molecule has 0 aromatic heterocycles. The molecule has 1 aromatic rings. The second kappa shape index (κ2) is 7.83. The van der Waals surface area contributed by atoms with Crippen molar-refractivity contribution < 1.29 is 27.5 Å². The molecule has 1 aliphatic carbocycles. The zero-order valence-electron chi connectivity index (χ0n) is 14.5. The third-order valence-corrected chi connectivity index (χ3v) is 4.41. The molecule has 3 rings (SSSR count). The minimum absolute atomic E-state index is 0.00664. The quantitative estimate of drug-likeness (QED) is 0.680. The van der Waals surface area contributed by atoms with Gasteiger partial charge < -0.3 is 26.0 Å². The van der Waals surface area contributed by atoms with E-state index in [1.807, 2.05) is 0 Å². The standard InChI is InChI=1S/C17H21F3N4O3/c18-17(19,20)12-7-11(23-16(26)13(8-21)22-10-1-2-10)3-4-14(12)24-5-6-27-9-15(24)25/h3-4,7,10,13,22H,1-2,5-6,8-9,21H2,(H,23,26)/t13-/m0/s1. The predicted molar refractivity (Wildman–Crippen MR) is 92.2 cm³/mol. The molecule has 0 unspecified atom stereocenters. The fourth-order valence-corrected chi connectivity index (χ4v) is 2.86. The molecule has 1 aliphatic heterocycles. The molecular formula is C17H21F3N4O3. The van der Waals surface area contributed by atoms with Crippen LogP contribution in [0, 0.1) is 0 Å². The number of ether oxygens (including phenoxy) is 1. The molecule has 2 amide bonds. The largest absolute Gasteiger partial charge is 0.418 e. The van der Waals surface area contributed by atoms with Crippen molar-refractivity contribution in [3.05, 3.63) is 23.8 Å². The van der Waals surface area contributed by atoms with Crippen LogP contribution in [0.3, 0.4) is 0 Å². The lowest BCUT2D eigenvalue weighted by molar-refractivity contribution is -0.137. The molecule has 0 radical (unpaired) electrons. The van der Waals surface area contributed by atoms with E-state index in [-0.39, 0.29) is 43.7 Å². The van der Waals surface area contributed by atoms with Gasteiger partial charge in [-0.3, -0.25) is 9.59 Å². The lowest BCUT2D eigenvalue weighted by atomic mass is 10.1. The topological polar surface area (TPSA) is 96.7 Å². The predicted octanol–water partition coefficient (Wildman–Crippen LogP) is 1.09. The fourth-order valence-electron chi connectivity index (χ4n) is 2.86. The SMILES string of the molecule is NC[C@H](NC1CC1)C(=O)Nc1ccc(N2CCOCC2=O)c(C(F)(F)F)c1. The number of hydrogen-bond acceptors (Lipinski definition) is 5. The molecule has 27 heavy (non-hydrogen) atoms. The van der Waals surface area contributed by atoms with Gasteiger partial charge in [0.2, 0.25) is 5.91 Å². The summed E-state index contributed by atoms with van der Waals surface area (Å²) in [7, 11) is 0. The number of carbonyl (C=O) groups excluding carboxylic acids is 2. The number of amides is 2. The van der Waals surface area contributed by atoms with Crippen LogP contribution in [-0.4, -0.2) is 50.2 Å². The van der Waals surface area contributed by atoms with Crippen molar-refractivity contribution in [3.8, 4) is 0 Å². The number of nitrogens with zero attached hydrogens (tertiary/aromatic N) is 1. The van der Waals surface area contributed by atoms with Crippen molar-refractivity contribution in [2.45, 2.75) is 31.1 Å². The van der Waals surface area contributed by atoms with Gasteiger partial charge in [-0.1, -0.05) is 0 Å². The van der Waals surface area contributed by atoms with Gasteiger partial charge in [0.05, 0.1) is 23.9 Å². The Morgan fingerprint density at radius 3 is 2.70 bits per heavy atom. The van der Waals surface area contributed by atoms with E-state index in [0.717, 1.165) is 23.8 Å². The number of nitrogens with one attached hydrogen (secondary N) is 2. The number of nitrogens with two attached hydrogens (primary N) is 1. The molecule has 7 nitrogen and oxygen atoms in total. The number of carbonyl (C=O) groups is 2. The van der Waals surface area contributed by atoms with Crippen LogP contribution in [0.5, 0.6) is 0 Å². The van der Waals surface area contributed by atoms with E-state index in [1.54, 1.807) is 0 Å². The highest BCUT2D eigenvalue weighted by Crippen LogP contribution is 2.38. The Kier molecular flexibility index (Phi) is 5.68. The highest BCUT2D eigenvalue weighted by Gasteiger charge is 2.37. The molecule has 0 spiro atoms. The second-order valence-electron chi connectivity index (χ2n) is 6.55. The summed E-state index contributed by atoms with van der Waals surface area (Å²) in [6.07, 6.45) is -2.79. The van der Waals surface area contributed by atoms with E-state index in [9.17, 15) is 22.8 Å². The van der Waals surface area contributed by atoms with Crippen molar-refractivity contribution >= 4 is 23.2 Å². The molecule has 1 aromatic carbocycles. The molecule has 0 bridgehead atoms. The molecule has 1 saturated carbocycles. The molecule has 1 saturated heterocycles. The maximum atomic E-state index is 13.5. The highest BCUT2D eigenvalue weighted by atomic mass is 19.4. The van der Waals surface area contributed by atoms with Crippen LogP contribution in [0.15, 0.2) is 18.2 Å². The number of hydrogen-bond donors (Lipinski definition) is 3. The van der Waals surface area contributed by atoms with Crippen LogP contribution in [0.1, 0.15) is 18.4 Å². The summed E-state index contributed by atoms with van der Waals surface area (Å²) < 4.78 is 45.6. The van der Waals surface area contributed by atoms with Gasteiger partial charge in [0.15, 0.2) is 0 Å². The average Bonchev–Trinajstić information content (AvgIpc) is 3.43. The number of alkyl halides is 3. The van der Waals surface area contributed by atoms with Crippen LogP contribution in [0.25, 0.3) is 0 Å². The Bertz CT molecular complexity index is 722. The molecule has 10 heteroatoms. The van der Waals surface area contributed by atoms with Crippen LogP contribution in [0.2, 0.25) is 0 Å². The number of anilines is 2. The smallest absolute Gasteiger partial charge is 0.370 e. The number of benzene rings is 1. The third kappa shape index (κ3) is 4.76. The minimum atomic E-state index is -4.69. The summed E-state index contributed by atoms with van der Waals surface area (Å²) in [4.78, 5) is 25.3. The summed E-state index contributed by atoms with van der Waals surface area (Å²) >= 11 is 0. The van der Waals surface area contributed by atoms with E-state index >= 15 is 0 Å². The third-order valence-electron chi connectivity index (χ3n) is 4.41. The molecule has 1 atom stereocenters. The lowest BCUT2D eigenvalue weighted by Crippen LogP contribution is -2.46. The first-order chi connectivity index (χ1) is 12.8. The summed E-state index contributed by atoms with van der Waals surface area (Å²) in [6, 6.07) is 2.92. The van der Waals surface area contributed by atoms with Crippen molar-refractivity contribution in [1.82, 2.24) is 5.32 Å². The summed E-state index contributed by atoms with van der Waals surface area (Å²) in [5.41, 5.74) is 4.33. The number of halogens is 3. The normalized spacial score (nSPS) is 19.1. The van der Waals surface area contributed by atoms with Crippen molar-refractivity contribution in [3.63, 3.8) is 0 Å². The molecular weight excluding hydrogens is 365 g/mol. The van der Waals surface area contributed by atoms with E-state index in [0.29, 0.717) is 0 Å². The summed E-state index contributed by atoms with van der Waals surface area (Å²) in [5, 5.41) is 5.52. The molecule has 4 N–H and O–H groups in total. The Labute approximate surface area is 154 Å². The van der Waals surface area contributed by atoms with Crippen LogP contribution < -0.4 is 21.3 Å². The Morgan fingerprint density at radius 1 is 1.37 bits per heavy atom. The van der Waals surface area contributed by atoms with Crippen molar-refractivity contribution in [2.24, 2.45) is 5.73 Å². The van der Waals surface area contributed by atoms with E-state index in [1.165, 1.54) is 12.1 Å². The Morgan fingerprint density at radius 2 is 2.11 bits per heavy atom. The van der Waals surface area contributed by atoms with Gasteiger partial charge in [0, 0.05) is 24.8 Å². The number of morpholine rings is 1. The first-order valence-electron chi connectivity index (χ1n) is 8.66. The van der Waals surface area contributed by atoms with Gasteiger partial charge in [-0.15, -0.1) is 0 Å².